The number of piperidine rings is 1. The van der Waals surface area contributed by atoms with Gasteiger partial charge in [-0.2, -0.15) is 0 Å². The van der Waals surface area contributed by atoms with Crippen LogP contribution < -0.4 is 9.47 Å². The molecule has 0 N–H and O–H groups in total. The van der Waals surface area contributed by atoms with E-state index in [2.05, 4.69) is 16.4 Å². The Morgan fingerprint density at radius 3 is 2.67 bits per heavy atom. The molecule has 2 aliphatic rings. The molecule has 1 fully saturated rings. The summed E-state index contributed by atoms with van der Waals surface area (Å²) in [5, 5.41) is 0. The zero-order valence-corrected chi connectivity index (χ0v) is 16.5. The van der Waals surface area contributed by atoms with Gasteiger partial charge < -0.3 is 18.9 Å². The molecule has 1 unspecified atom stereocenters. The molecule has 1 saturated heterocycles. The Balaban J connectivity index is 1.69. The standard InChI is InChI=1S/C22H28N2O3/c1-4-17-7-5-6-10-23(17)22(25)19-13-15(2)24(16(19)3)18-8-9-20-21(14-18)27-12-11-26-20/h8-9,13-14,17H,4-7,10-12H2,1-3H3. The zero-order valence-electron chi connectivity index (χ0n) is 16.5. The van der Waals surface area contributed by atoms with Crippen LogP contribution in [0.2, 0.25) is 0 Å². The second-order valence-electron chi connectivity index (χ2n) is 7.50. The number of aryl methyl sites for hydroxylation is 1. The van der Waals surface area contributed by atoms with Gasteiger partial charge in [0, 0.05) is 35.7 Å². The van der Waals surface area contributed by atoms with E-state index in [1.807, 2.05) is 38.1 Å². The van der Waals surface area contributed by atoms with Gasteiger partial charge in [-0.25, -0.2) is 0 Å². The summed E-state index contributed by atoms with van der Waals surface area (Å²) < 4.78 is 13.5. The smallest absolute Gasteiger partial charge is 0.255 e. The predicted molar refractivity (Wildman–Crippen MR) is 105 cm³/mol. The lowest BCUT2D eigenvalue weighted by molar-refractivity contribution is 0.0607. The number of hydrogen-bond donors (Lipinski definition) is 0. The Labute approximate surface area is 160 Å². The Morgan fingerprint density at radius 1 is 1.11 bits per heavy atom. The van der Waals surface area contributed by atoms with Gasteiger partial charge in [0.05, 0.1) is 5.56 Å². The van der Waals surface area contributed by atoms with Crippen LogP contribution in [0.3, 0.4) is 0 Å². The normalized spacial score (nSPS) is 19.2. The second kappa shape index (κ2) is 7.29. The molecule has 1 aromatic heterocycles. The molecule has 0 spiro atoms. The lowest BCUT2D eigenvalue weighted by Crippen LogP contribution is -2.43. The summed E-state index contributed by atoms with van der Waals surface area (Å²) in [6.07, 6.45) is 4.46. The summed E-state index contributed by atoms with van der Waals surface area (Å²) in [4.78, 5) is 15.4. The van der Waals surface area contributed by atoms with Crippen molar-refractivity contribution in [3.63, 3.8) is 0 Å². The quantitative estimate of drug-likeness (QED) is 0.813. The van der Waals surface area contributed by atoms with Crippen molar-refractivity contribution < 1.29 is 14.3 Å². The van der Waals surface area contributed by atoms with Crippen molar-refractivity contribution in [2.24, 2.45) is 0 Å². The van der Waals surface area contributed by atoms with Crippen molar-refractivity contribution in [1.29, 1.82) is 0 Å². The molecule has 4 rings (SSSR count). The molecule has 2 aromatic rings. The molecule has 5 nitrogen and oxygen atoms in total. The van der Waals surface area contributed by atoms with E-state index in [-0.39, 0.29) is 5.91 Å². The summed E-state index contributed by atoms with van der Waals surface area (Å²) in [7, 11) is 0. The number of rotatable bonds is 3. The molecule has 144 valence electrons. The largest absolute Gasteiger partial charge is 0.486 e. The fraction of sp³-hybridized carbons (Fsp3) is 0.500. The summed E-state index contributed by atoms with van der Waals surface area (Å²) in [6, 6.07) is 8.36. The first-order chi connectivity index (χ1) is 13.1. The third kappa shape index (κ3) is 3.20. The minimum atomic E-state index is 0.165. The molecule has 0 bridgehead atoms. The van der Waals surface area contributed by atoms with Crippen LogP contribution in [-0.4, -0.2) is 41.2 Å². The first-order valence-electron chi connectivity index (χ1n) is 10.00. The fourth-order valence-corrected chi connectivity index (χ4v) is 4.39. The first-order valence-corrected chi connectivity index (χ1v) is 10.00. The van der Waals surface area contributed by atoms with Crippen LogP contribution >= 0.6 is 0 Å². The summed E-state index contributed by atoms with van der Waals surface area (Å²) >= 11 is 0. The van der Waals surface area contributed by atoms with E-state index >= 15 is 0 Å². The molecule has 0 aliphatic carbocycles. The van der Waals surface area contributed by atoms with Crippen molar-refractivity contribution in [2.75, 3.05) is 19.8 Å². The van der Waals surface area contributed by atoms with E-state index < -0.39 is 0 Å². The number of hydrogen-bond acceptors (Lipinski definition) is 3. The average Bonchev–Trinajstić information content (AvgIpc) is 3.01. The molecule has 1 amide bonds. The second-order valence-corrected chi connectivity index (χ2v) is 7.50. The highest BCUT2D eigenvalue weighted by molar-refractivity contribution is 5.96. The number of benzene rings is 1. The van der Waals surface area contributed by atoms with Crippen molar-refractivity contribution in [3.05, 3.63) is 41.2 Å². The van der Waals surface area contributed by atoms with Gasteiger partial charge in [-0.05, 0) is 57.7 Å². The Kier molecular flexibility index (Phi) is 4.85. The van der Waals surface area contributed by atoms with Crippen molar-refractivity contribution in [2.45, 2.75) is 52.5 Å². The van der Waals surface area contributed by atoms with Gasteiger partial charge in [0.15, 0.2) is 11.5 Å². The SMILES string of the molecule is CCC1CCCCN1C(=O)c1cc(C)n(-c2ccc3c(c2)OCCO3)c1C. The monoisotopic (exact) mass is 368 g/mol. The highest BCUT2D eigenvalue weighted by Crippen LogP contribution is 2.34. The lowest BCUT2D eigenvalue weighted by atomic mass is 9.99. The topological polar surface area (TPSA) is 43.7 Å². The number of amides is 1. The van der Waals surface area contributed by atoms with Gasteiger partial charge in [0.1, 0.15) is 13.2 Å². The number of fused-ring (bicyclic) bond motifs is 1. The maximum atomic E-state index is 13.3. The maximum Gasteiger partial charge on any atom is 0.255 e. The fourth-order valence-electron chi connectivity index (χ4n) is 4.39. The third-order valence-corrected chi connectivity index (χ3v) is 5.80. The molecule has 1 atom stereocenters. The van der Waals surface area contributed by atoms with E-state index in [0.29, 0.717) is 19.3 Å². The minimum absolute atomic E-state index is 0.165. The number of aromatic nitrogens is 1. The molecule has 3 heterocycles. The molecular weight excluding hydrogens is 340 g/mol. The number of carbonyl (C=O) groups is 1. The van der Waals surface area contributed by atoms with Crippen LogP contribution in [0.25, 0.3) is 5.69 Å². The van der Waals surface area contributed by atoms with Crippen molar-refractivity contribution >= 4 is 5.91 Å². The minimum Gasteiger partial charge on any atom is -0.486 e. The molecule has 0 saturated carbocycles. The Morgan fingerprint density at radius 2 is 1.89 bits per heavy atom. The van der Waals surface area contributed by atoms with Crippen LogP contribution in [0, 0.1) is 13.8 Å². The Hall–Kier alpha value is -2.43. The van der Waals surface area contributed by atoms with Crippen LogP contribution in [0.15, 0.2) is 24.3 Å². The molecule has 0 radical (unpaired) electrons. The lowest BCUT2D eigenvalue weighted by Gasteiger charge is -2.35. The first kappa shape index (κ1) is 18.0. The third-order valence-electron chi connectivity index (χ3n) is 5.80. The zero-order chi connectivity index (χ0) is 19.0. The number of ether oxygens (including phenoxy) is 2. The number of nitrogens with zero attached hydrogens (tertiary/aromatic N) is 2. The molecule has 5 heteroatoms. The summed E-state index contributed by atoms with van der Waals surface area (Å²) in [6.45, 7) is 8.27. The highest BCUT2D eigenvalue weighted by atomic mass is 16.6. The van der Waals surface area contributed by atoms with Gasteiger partial charge in [-0.1, -0.05) is 6.92 Å². The van der Waals surface area contributed by atoms with E-state index in [4.69, 9.17) is 9.47 Å². The van der Waals surface area contributed by atoms with E-state index in [1.54, 1.807) is 0 Å². The van der Waals surface area contributed by atoms with Crippen molar-refractivity contribution in [1.82, 2.24) is 9.47 Å². The van der Waals surface area contributed by atoms with Crippen LogP contribution in [0.4, 0.5) is 0 Å². The van der Waals surface area contributed by atoms with Gasteiger partial charge in [-0.3, -0.25) is 4.79 Å². The van der Waals surface area contributed by atoms with Gasteiger partial charge in [0.25, 0.3) is 5.91 Å². The van der Waals surface area contributed by atoms with Crippen LogP contribution in [0.1, 0.15) is 54.4 Å². The van der Waals surface area contributed by atoms with E-state index in [1.165, 1.54) is 6.42 Å². The Bertz CT molecular complexity index is 855. The molecular formula is C22H28N2O3. The average molecular weight is 368 g/mol. The van der Waals surface area contributed by atoms with Gasteiger partial charge >= 0.3 is 0 Å². The van der Waals surface area contributed by atoms with E-state index in [9.17, 15) is 4.79 Å². The van der Waals surface area contributed by atoms with Crippen LogP contribution in [-0.2, 0) is 0 Å². The van der Waals surface area contributed by atoms with Crippen LogP contribution in [0.5, 0.6) is 11.5 Å². The maximum absolute atomic E-state index is 13.3. The summed E-state index contributed by atoms with van der Waals surface area (Å²) in [5.41, 5.74) is 3.84. The molecule has 2 aliphatic heterocycles. The molecule has 27 heavy (non-hydrogen) atoms. The van der Waals surface area contributed by atoms with Gasteiger partial charge in [-0.15, -0.1) is 0 Å². The number of carbonyl (C=O) groups excluding carboxylic acids is 1. The van der Waals surface area contributed by atoms with Gasteiger partial charge in [0.2, 0.25) is 0 Å². The van der Waals surface area contributed by atoms with E-state index in [0.717, 1.165) is 59.9 Å². The number of likely N-dealkylation sites (tertiary alicyclic amines) is 1. The molecule has 1 aromatic carbocycles. The highest BCUT2D eigenvalue weighted by Gasteiger charge is 2.29. The van der Waals surface area contributed by atoms with Crippen molar-refractivity contribution in [3.8, 4) is 17.2 Å². The summed E-state index contributed by atoms with van der Waals surface area (Å²) in [5.74, 6) is 1.71. The predicted octanol–water partition coefficient (Wildman–Crippen LogP) is 4.27.